The molecular weight excluding hydrogens is 280 g/mol. The van der Waals surface area contributed by atoms with E-state index in [0.717, 1.165) is 24.4 Å². The molecule has 22 heavy (non-hydrogen) atoms. The van der Waals surface area contributed by atoms with Crippen LogP contribution in [0.1, 0.15) is 48.5 Å². The third-order valence-electron chi connectivity index (χ3n) is 3.63. The lowest BCUT2D eigenvalue weighted by molar-refractivity contribution is 0.0935. The van der Waals surface area contributed by atoms with Gasteiger partial charge in [-0.3, -0.25) is 4.79 Å². The first kappa shape index (κ1) is 14.7. The fourth-order valence-electron chi connectivity index (χ4n) is 2.26. The van der Waals surface area contributed by atoms with Crippen molar-refractivity contribution in [3.05, 3.63) is 42.0 Å². The Balaban J connectivity index is 1.80. The minimum absolute atomic E-state index is 0.191. The highest BCUT2D eigenvalue weighted by Crippen LogP contribution is 2.39. The molecule has 0 bridgehead atoms. The molecule has 1 saturated carbocycles. The highest BCUT2D eigenvalue weighted by Gasteiger charge is 2.31. The van der Waals surface area contributed by atoms with Crippen LogP contribution < -0.4 is 5.32 Å². The van der Waals surface area contributed by atoms with Crippen molar-refractivity contribution >= 4 is 5.91 Å². The Morgan fingerprint density at radius 1 is 1.41 bits per heavy atom. The maximum Gasteiger partial charge on any atom is 0.290 e. The first-order valence-electron chi connectivity index (χ1n) is 7.64. The molecule has 2 N–H and O–H groups in total. The minimum Gasteiger partial charge on any atom is -0.393 e. The molecule has 1 aromatic heterocycles. The molecule has 1 aliphatic rings. The summed E-state index contributed by atoms with van der Waals surface area (Å²) in [5.74, 6) is 1.15. The molecule has 1 atom stereocenters. The Kier molecular flexibility index (Phi) is 4.20. The number of benzene rings is 1. The molecule has 0 aliphatic heterocycles. The monoisotopic (exact) mass is 300 g/mol. The number of rotatable bonds is 6. The van der Waals surface area contributed by atoms with Crippen LogP contribution in [0.3, 0.4) is 0 Å². The van der Waals surface area contributed by atoms with Crippen LogP contribution in [0.25, 0.3) is 5.69 Å². The summed E-state index contributed by atoms with van der Waals surface area (Å²) in [7, 11) is 0. The molecule has 6 nitrogen and oxygen atoms in total. The number of carbonyl (C=O) groups is 1. The van der Waals surface area contributed by atoms with E-state index < -0.39 is 6.10 Å². The lowest BCUT2D eigenvalue weighted by Crippen LogP contribution is -2.27. The molecule has 1 fully saturated rings. The van der Waals surface area contributed by atoms with Gasteiger partial charge in [-0.25, -0.2) is 9.67 Å². The van der Waals surface area contributed by atoms with E-state index >= 15 is 0 Å². The van der Waals surface area contributed by atoms with Crippen molar-refractivity contribution in [3.8, 4) is 5.69 Å². The zero-order chi connectivity index (χ0) is 15.5. The molecule has 0 spiro atoms. The Hall–Kier alpha value is -2.21. The molecule has 1 aliphatic carbocycles. The maximum absolute atomic E-state index is 12.1. The number of carbonyl (C=O) groups excluding carboxylic acids is 1. The third kappa shape index (κ3) is 3.33. The van der Waals surface area contributed by atoms with Crippen LogP contribution in [-0.4, -0.2) is 38.4 Å². The zero-order valence-corrected chi connectivity index (χ0v) is 12.6. The molecule has 1 aromatic carbocycles. The number of hydrogen-bond acceptors (Lipinski definition) is 4. The minimum atomic E-state index is -0.433. The van der Waals surface area contributed by atoms with Crippen molar-refractivity contribution in [1.82, 2.24) is 20.1 Å². The van der Waals surface area contributed by atoms with Gasteiger partial charge in [-0.15, -0.1) is 5.10 Å². The average Bonchev–Trinajstić information content (AvgIpc) is 3.26. The quantitative estimate of drug-likeness (QED) is 0.850. The highest BCUT2D eigenvalue weighted by molar-refractivity contribution is 5.90. The highest BCUT2D eigenvalue weighted by atomic mass is 16.3. The normalized spacial score (nSPS) is 15.5. The Morgan fingerprint density at radius 2 is 2.14 bits per heavy atom. The van der Waals surface area contributed by atoms with Crippen LogP contribution in [0.2, 0.25) is 0 Å². The second kappa shape index (κ2) is 6.27. The van der Waals surface area contributed by atoms with Crippen LogP contribution in [0.15, 0.2) is 30.3 Å². The molecule has 1 heterocycles. The smallest absolute Gasteiger partial charge is 0.290 e. The van der Waals surface area contributed by atoms with Gasteiger partial charge in [-0.05, 0) is 38.3 Å². The van der Waals surface area contributed by atoms with Crippen LogP contribution in [-0.2, 0) is 0 Å². The predicted molar refractivity (Wildman–Crippen MR) is 82.0 cm³/mol. The molecule has 116 valence electrons. The fourth-order valence-corrected chi connectivity index (χ4v) is 2.26. The summed E-state index contributed by atoms with van der Waals surface area (Å²) in [6.07, 6.45) is 2.27. The number of aromatic nitrogens is 3. The van der Waals surface area contributed by atoms with Gasteiger partial charge in [0.25, 0.3) is 5.91 Å². The summed E-state index contributed by atoms with van der Waals surface area (Å²) in [5, 5.41) is 16.3. The van der Waals surface area contributed by atoms with Crippen molar-refractivity contribution in [3.63, 3.8) is 0 Å². The van der Waals surface area contributed by atoms with E-state index in [2.05, 4.69) is 15.4 Å². The van der Waals surface area contributed by atoms with E-state index in [1.165, 1.54) is 0 Å². The van der Waals surface area contributed by atoms with Crippen molar-refractivity contribution in [2.75, 3.05) is 6.54 Å². The number of aliphatic hydroxyl groups excluding tert-OH is 1. The first-order chi connectivity index (χ1) is 10.6. The van der Waals surface area contributed by atoms with Gasteiger partial charge in [0.1, 0.15) is 5.82 Å². The number of amides is 1. The van der Waals surface area contributed by atoms with E-state index in [1.807, 2.05) is 30.3 Å². The SMILES string of the molecule is CC(O)CCNC(=O)c1nc(C2CC2)n(-c2ccccc2)n1. The van der Waals surface area contributed by atoms with Gasteiger partial charge in [0.05, 0.1) is 11.8 Å². The van der Waals surface area contributed by atoms with Gasteiger partial charge in [0.15, 0.2) is 0 Å². The van der Waals surface area contributed by atoms with Crippen molar-refractivity contribution in [2.45, 2.75) is 38.2 Å². The largest absolute Gasteiger partial charge is 0.393 e. The number of aliphatic hydroxyl groups is 1. The fraction of sp³-hybridized carbons (Fsp3) is 0.438. The van der Waals surface area contributed by atoms with Crippen LogP contribution in [0, 0.1) is 0 Å². The number of nitrogens with zero attached hydrogens (tertiary/aromatic N) is 3. The summed E-state index contributed by atoms with van der Waals surface area (Å²) in [5.41, 5.74) is 0.917. The second-order valence-electron chi connectivity index (χ2n) is 5.71. The van der Waals surface area contributed by atoms with Crippen molar-refractivity contribution < 1.29 is 9.90 Å². The van der Waals surface area contributed by atoms with Gasteiger partial charge in [0, 0.05) is 12.5 Å². The Labute approximate surface area is 129 Å². The maximum atomic E-state index is 12.1. The number of hydrogen-bond donors (Lipinski definition) is 2. The summed E-state index contributed by atoms with van der Waals surface area (Å²) in [4.78, 5) is 16.6. The van der Waals surface area contributed by atoms with Crippen LogP contribution in [0.4, 0.5) is 0 Å². The molecule has 0 radical (unpaired) electrons. The number of para-hydroxylation sites is 1. The van der Waals surface area contributed by atoms with Crippen molar-refractivity contribution in [2.24, 2.45) is 0 Å². The topological polar surface area (TPSA) is 80.0 Å². The molecule has 0 saturated heterocycles. The van der Waals surface area contributed by atoms with E-state index in [0.29, 0.717) is 18.9 Å². The molecule has 6 heteroatoms. The van der Waals surface area contributed by atoms with E-state index in [-0.39, 0.29) is 11.7 Å². The van der Waals surface area contributed by atoms with Crippen LogP contribution >= 0.6 is 0 Å². The zero-order valence-electron chi connectivity index (χ0n) is 12.6. The molecular formula is C16H20N4O2. The van der Waals surface area contributed by atoms with Crippen LogP contribution in [0.5, 0.6) is 0 Å². The van der Waals surface area contributed by atoms with E-state index in [1.54, 1.807) is 11.6 Å². The Morgan fingerprint density at radius 3 is 2.77 bits per heavy atom. The van der Waals surface area contributed by atoms with Crippen molar-refractivity contribution in [1.29, 1.82) is 0 Å². The van der Waals surface area contributed by atoms with Gasteiger partial charge in [-0.1, -0.05) is 18.2 Å². The second-order valence-corrected chi connectivity index (χ2v) is 5.71. The molecule has 1 amide bonds. The Bertz CT molecular complexity index is 647. The molecule has 2 aromatic rings. The standard InChI is InChI=1S/C16H20N4O2/c1-11(21)9-10-17-16(22)14-18-15(12-7-8-12)20(19-14)13-5-3-2-4-6-13/h2-6,11-12,21H,7-10H2,1H3,(H,17,22). The summed E-state index contributed by atoms with van der Waals surface area (Å²) >= 11 is 0. The summed E-state index contributed by atoms with van der Waals surface area (Å²) in [6, 6.07) is 9.73. The number of nitrogens with one attached hydrogen (secondary N) is 1. The van der Waals surface area contributed by atoms with E-state index in [4.69, 9.17) is 0 Å². The van der Waals surface area contributed by atoms with Gasteiger partial charge >= 0.3 is 0 Å². The molecule has 3 rings (SSSR count). The first-order valence-corrected chi connectivity index (χ1v) is 7.64. The lowest BCUT2D eigenvalue weighted by Gasteiger charge is -2.04. The van der Waals surface area contributed by atoms with Gasteiger partial charge in [-0.2, -0.15) is 0 Å². The summed E-state index contributed by atoms with van der Waals surface area (Å²) < 4.78 is 1.77. The lowest BCUT2D eigenvalue weighted by atomic mass is 10.3. The molecule has 1 unspecified atom stereocenters. The van der Waals surface area contributed by atoms with Gasteiger partial charge < -0.3 is 10.4 Å². The van der Waals surface area contributed by atoms with E-state index in [9.17, 15) is 9.90 Å². The van der Waals surface area contributed by atoms with Gasteiger partial charge in [0.2, 0.25) is 5.82 Å². The third-order valence-corrected chi connectivity index (χ3v) is 3.63. The summed E-state index contributed by atoms with van der Waals surface area (Å²) in [6.45, 7) is 2.11. The predicted octanol–water partition coefficient (Wildman–Crippen LogP) is 1.65. The average molecular weight is 300 g/mol.